The summed E-state index contributed by atoms with van der Waals surface area (Å²) >= 11 is 0. The van der Waals surface area contributed by atoms with Crippen LogP contribution in [0.15, 0.2) is 11.1 Å². The third-order valence-corrected chi connectivity index (χ3v) is 3.56. The van der Waals surface area contributed by atoms with Gasteiger partial charge in [0.1, 0.15) is 0 Å². The van der Waals surface area contributed by atoms with Crippen LogP contribution in [-0.2, 0) is 9.53 Å². The lowest BCUT2D eigenvalue weighted by molar-refractivity contribution is -0.141. The Morgan fingerprint density at radius 1 is 1.44 bits per heavy atom. The summed E-state index contributed by atoms with van der Waals surface area (Å²) in [7, 11) is 0. The first-order valence-electron chi connectivity index (χ1n) is 6.26. The van der Waals surface area contributed by atoms with Gasteiger partial charge in [-0.2, -0.15) is 0 Å². The van der Waals surface area contributed by atoms with Gasteiger partial charge in [0.05, 0.1) is 6.61 Å². The Balaban J connectivity index is 2.47. The predicted octanol–water partition coefficient (Wildman–Crippen LogP) is 3.86. The lowest BCUT2D eigenvalue weighted by atomic mass is 9.71. The summed E-state index contributed by atoms with van der Waals surface area (Å²) < 4.78 is 4.97. The average Bonchev–Trinajstić information content (AvgIpc) is 2.14. The van der Waals surface area contributed by atoms with Gasteiger partial charge in [0.25, 0.3) is 0 Å². The minimum Gasteiger partial charge on any atom is -0.466 e. The fourth-order valence-electron chi connectivity index (χ4n) is 2.69. The first-order chi connectivity index (χ1) is 7.43. The van der Waals surface area contributed by atoms with Crippen LogP contribution < -0.4 is 0 Å². The van der Waals surface area contributed by atoms with E-state index < -0.39 is 0 Å². The molecular formula is C14H24O2. The number of carbonyl (C=O) groups is 1. The van der Waals surface area contributed by atoms with E-state index in [4.69, 9.17) is 4.74 Å². The summed E-state index contributed by atoms with van der Waals surface area (Å²) in [6.45, 7) is 8.94. The molecular weight excluding hydrogens is 200 g/mol. The lowest BCUT2D eigenvalue weighted by Gasteiger charge is -2.34. The fourth-order valence-corrected chi connectivity index (χ4v) is 2.69. The van der Waals surface area contributed by atoms with Crippen molar-refractivity contribution in [3.8, 4) is 0 Å². The normalized spacial score (nSPS) is 19.8. The summed E-state index contributed by atoms with van der Waals surface area (Å²) in [5.41, 5.74) is 3.49. The van der Waals surface area contributed by atoms with Gasteiger partial charge in [-0.15, -0.1) is 0 Å². The zero-order valence-corrected chi connectivity index (χ0v) is 11.1. The van der Waals surface area contributed by atoms with Crippen LogP contribution in [-0.4, -0.2) is 12.6 Å². The molecule has 1 rings (SSSR count). The van der Waals surface area contributed by atoms with Crippen molar-refractivity contribution in [3.63, 3.8) is 0 Å². The van der Waals surface area contributed by atoms with Crippen LogP contribution in [0.25, 0.3) is 0 Å². The van der Waals surface area contributed by atoms with E-state index in [1.807, 2.05) is 0 Å². The molecule has 0 spiro atoms. The summed E-state index contributed by atoms with van der Waals surface area (Å²) in [6, 6.07) is 0. The van der Waals surface area contributed by atoms with Gasteiger partial charge in [-0.05, 0) is 44.4 Å². The molecule has 0 atom stereocenters. The molecule has 0 saturated heterocycles. The molecule has 16 heavy (non-hydrogen) atoms. The van der Waals surface area contributed by atoms with Crippen LogP contribution >= 0.6 is 0 Å². The maximum Gasteiger partial charge on any atom is 0.302 e. The third-order valence-electron chi connectivity index (χ3n) is 3.56. The van der Waals surface area contributed by atoms with Crippen molar-refractivity contribution < 1.29 is 9.53 Å². The van der Waals surface area contributed by atoms with E-state index in [-0.39, 0.29) is 5.97 Å². The Kier molecular flexibility index (Phi) is 4.57. The highest BCUT2D eigenvalue weighted by molar-refractivity contribution is 5.65. The molecule has 1 aliphatic rings. The summed E-state index contributed by atoms with van der Waals surface area (Å²) in [4.78, 5) is 10.7. The second-order valence-corrected chi connectivity index (χ2v) is 5.44. The van der Waals surface area contributed by atoms with E-state index in [9.17, 15) is 4.79 Å². The van der Waals surface area contributed by atoms with E-state index in [1.54, 1.807) is 11.1 Å². The van der Waals surface area contributed by atoms with Crippen molar-refractivity contribution in [2.24, 2.45) is 5.41 Å². The average molecular weight is 224 g/mol. The van der Waals surface area contributed by atoms with Crippen LogP contribution in [0.5, 0.6) is 0 Å². The van der Waals surface area contributed by atoms with Gasteiger partial charge in [0.2, 0.25) is 0 Å². The number of ether oxygens (including phenoxy) is 1. The Morgan fingerprint density at radius 3 is 2.69 bits per heavy atom. The van der Waals surface area contributed by atoms with Crippen molar-refractivity contribution in [2.45, 2.75) is 59.8 Å². The van der Waals surface area contributed by atoms with Gasteiger partial charge in [0, 0.05) is 6.92 Å². The topological polar surface area (TPSA) is 26.3 Å². The molecule has 0 N–H and O–H groups in total. The third kappa shape index (κ3) is 3.66. The highest BCUT2D eigenvalue weighted by Crippen LogP contribution is 2.42. The largest absolute Gasteiger partial charge is 0.466 e. The minimum atomic E-state index is -0.173. The van der Waals surface area contributed by atoms with Gasteiger partial charge in [0.15, 0.2) is 0 Å². The van der Waals surface area contributed by atoms with Crippen LogP contribution in [0.1, 0.15) is 59.8 Å². The molecule has 0 aromatic heterocycles. The second kappa shape index (κ2) is 5.51. The van der Waals surface area contributed by atoms with Crippen molar-refractivity contribution in [3.05, 3.63) is 11.1 Å². The highest BCUT2D eigenvalue weighted by Gasteiger charge is 2.27. The molecule has 0 bridgehead atoms. The SMILES string of the molecule is CC(=O)OCCCC1=C(C)CCCC1(C)C. The van der Waals surface area contributed by atoms with E-state index in [0.717, 1.165) is 12.8 Å². The van der Waals surface area contributed by atoms with Crippen molar-refractivity contribution in [2.75, 3.05) is 6.61 Å². The smallest absolute Gasteiger partial charge is 0.302 e. The Labute approximate surface area is 99.1 Å². The van der Waals surface area contributed by atoms with Crippen molar-refractivity contribution in [1.82, 2.24) is 0 Å². The molecule has 0 saturated carbocycles. The lowest BCUT2D eigenvalue weighted by Crippen LogP contribution is -2.20. The highest BCUT2D eigenvalue weighted by atomic mass is 16.5. The molecule has 0 aliphatic heterocycles. The zero-order chi connectivity index (χ0) is 12.2. The molecule has 0 amide bonds. The molecule has 0 unspecified atom stereocenters. The molecule has 0 heterocycles. The first-order valence-corrected chi connectivity index (χ1v) is 6.26. The first kappa shape index (κ1) is 13.3. The van der Waals surface area contributed by atoms with Crippen LogP contribution in [0.4, 0.5) is 0 Å². The van der Waals surface area contributed by atoms with E-state index in [0.29, 0.717) is 12.0 Å². The molecule has 2 nitrogen and oxygen atoms in total. The van der Waals surface area contributed by atoms with Gasteiger partial charge in [-0.25, -0.2) is 0 Å². The quantitative estimate of drug-likeness (QED) is 0.412. The maximum atomic E-state index is 10.7. The summed E-state index contributed by atoms with van der Waals surface area (Å²) in [5, 5.41) is 0. The Morgan fingerprint density at radius 2 is 2.12 bits per heavy atom. The van der Waals surface area contributed by atoms with E-state index in [1.165, 1.54) is 26.2 Å². The van der Waals surface area contributed by atoms with Crippen molar-refractivity contribution in [1.29, 1.82) is 0 Å². The maximum absolute atomic E-state index is 10.7. The monoisotopic (exact) mass is 224 g/mol. The Bertz CT molecular complexity index is 287. The zero-order valence-electron chi connectivity index (χ0n) is 11.1. The van der Waals surface area contributed by atoms with Gasteiger partial charge >= 0.3 is 5.97 Å². The Hall–Kier alpha value is -0.790. The van der Waals surface area contributed by atoms with Gasteiger partial charge in [-0.3, -0.25) is 4.79 Å². The fraction of sp³-hybridized carbons (Fsp3) is 0.786. The molecule has 0 radical (unpaired) electrons. The molecule has 2 heteroatoms. The number of esters is 1. The number of allylic oxidation sites excluding steroid dienone is 2. The molecule has 0 fully saturated rings. The minimum absolute atomic E-state index is 0.173. The van der Waals surface area contributed by atoms with Gasteiger partial charge < -0.3 is 4.74 Å². The number of rotatable bonds is 4. The van der Waals surface area contributed by atoms with Crippen LogP contribution in [0.3, 0.4) is 0 Å². The summed E-state index contributed by atoms with van der Waals surface area (Å²) in [6.07, 6.45) is 5.87. The van der Waals surface area contributed by atoms with Crippen LogP contribution in [0, 0.1) is 5.41 Å². The second-order valence-electron chi connectivity index (χ2n) is 5.44. The van der Waals surface area contributed by atoms with E-state index >= 15 is 0 Å². The number of hydrogen-bond acceptors (Lipinski definition) is 2. The summed E-state index contributed by atoms with van der Waals surface area (Å²) in [5.74, 6) is -0.173. The standard InChI is InChI=1S/C14H24O2/c1-11-7-5-9-14(3,4)13(11)8-6-10-16-12(2)15/h5-10H2,1-4H3. The molecule has 1 aliphatic carbocycles. The molecule has 0 aromatic rings. The van der Waals surface area contributed by atoms with Crippen LogP contribution in [0.2, 0.25) is 0 Å². The van der Waals surface area contributed by atoms with E-state index in [2.05, 4.69) is 20.8 Å². The van der Waals surface area contributed by atoms with Crippen molar-refractivity contribution >= 4 is 5.97 Å². The number of carbonyl (C=O) groups excluding carboxylic acids is 1. The molecule has 92 valence electrons. The number of hydrogen-bond donors (Lipinski definition) is 0. The van der Waals surface area contributed by atoms with Gasteiger partial charge in [-0.1, -0.05) is 25.0 Å². The molecule has 0 aromatic carbocycles. The predicted molar refractivity (Wildman–Crippen MR) is 66.2 cm³/mol.